The molecule has 0 spiro atoms. The van der Waals surface area contributed by atoms with Gasteiger partial charge >= 0.3 is 5.97 Å². The summed E-state index contributed by atoms with van der Waals surface area (Å²) in [7, 11) is -8.72. The van der Waals surface area contributed by atoms with Crippen molar-refractivity contribution in [3.05, 3.63) is 0 Å². The highest BCUT2D eigenvalue weighted by molar-refractivity contribution is 7.86. The first-order valence-electron chi connectivity index (χ1n) is 21.0. The topological polar surface area (TPSA) is 208 Å². The molecule has 3 N–H and O–H groups in total. The van der Waals surface area contributed by atoms with Gasteiger partial charge in [-0.15, -0.1) is 0 Å². The number of hydrogen-bond acceptors (Lipinski definition) is 11. The molecular formula is C39H70N4O11S2. The molecule has 3 saturated heterocycles. The fourth-order valence-electron chi connectivity index (χ4n) is 8.68. The van der Waals surface area contributed by atoms with Gasteiger partial charge < -0.3 is 15.0 Å². The zero-order valence-electron chi connectivity index (χ0n) is 34.7. The lowest BCUT2D eigenvalue weighted by Crippen LogP contribution is -2.55. The van der Waals surface area contributed by atoms with Crippen LogP contribution in [0.3, 0.4) is 0 Å². The zero-order chi connectivity index (χ0) is 41.9. The minimum atomic E-state index is -4.47. The van der Waals surface area contributed by atoms with E-state index in [1.54, 1.807) is 0 Å². The predicted molar refractivity (Wildman–Crippen MR) is 214 cm³/mol. The normalized spacial score (nSPS) is 22.6. The fraction of sp³-hybridized carbons (Fsp3) is 0.897. The van der Waals surface area contributed by atoms with Crippen molar-refractivity contribution in [1.82, 2.24) is 20.0 Å². The monoisotopic (exact) mass is 834 g/mol. The number of likely N-dealkylation sites (tertiary alicyclic amines) is 3. The van der Waals surface area contributed by atoms with E-state index in [0.717, 1.165) is 38.6 Å². The Kier molecular flexibility index (Phi) is 18.2. The van der Waals surface area contributed by atoms with E-state index in [1.807, 2.05) is 25.7 Å². The minimum Gasteiger partial charge on any atom is -0.458 e. The minimum absolute atomic E-state index is 0.0447. The largest absolute Gasteiger partial charge is 0.458 e. The average molecular weight is 835 g/mol. The van der Waals surface area contributed by atoms with Gasteiger partial charge in [0.15, 0.2) is 0 Å². The van der Waals surface area contributed by atoms with Crippen molar-refractivity contribution in [2.75, 3.05) is 37.7 Å². The van der Waals surface area contributed by atoms with Crippen LogP contribution in [0.1, 0.15) is 144 Å². The second kappa shape index (κ2) is 21.2. The maximum Gasteiger partial charge on any atom is 0.329 e. The Bertz CT molecular complexity index is 1550. The summed E-state index contributed by atoms with van der Waals surface area (Å²) in [6, 6.07) is -2.52. The van der Waals surface area contributed by atoms with Crippen LogP contribution in [0.5, 0.6) is 0 Å². The van der Waals surface area contributed by atoms with Crippen molar-refractivity contribution in [1.29, 1.82) is 0 Å². The lowest BCUT2D eigenvalue weighted by atomic mass is 9.88. The number of Topliss-reactive ketones (excluding diaryl/α,β-unsaturated/α-hetero) is 1. The Morgan fingerprint density at radius 2 is 1.38 bits per heavy atom. The van der Waals surface area contributed by atoms with Gasteiger partial charge in [-0.05, 0) is 130 Å². The van der Waals surface area contributed by atoms with Crippen molar-refractivity contribution in [2.24, 2.45) is 5.92 Å². The van der Waals surface area contributed by atoms with Crippen LogP contribution >= 0.6 is 0 Å². The van der Waals surface area contributed by atoms with E-state index >= 15 is 0 Å². The van der Waals surface area contributed by atoms with Gasteiger partial charge in [0.1, 0.15) is 23.5 Å². The SMILES string of the molecule is CCC(C)(CC)OC(=O)[C@@H]1CCCN1C(=O)[C@H](CCS(=O)(=O)O)NC(=O)[C@@H]1CCCN1CCCC(=O)[C@@H](CC[C@@H]1CCCN1C(C)(CC)CC)CCS(=O)(=O)O. The molecule has 0 bridgehead atoms. The average Bonchev–Trinajstić information content (AvgIpc) is 3.93. The first kappa shape index (κ1) is 48.2. The number of amides is 2. The molecule has 0 unspecified atom stereocenters. The van der Waals surface area contributed by atoms with Crippen molar-refractivity contribution >= 4 is 43.8 Å². The third-order valence-corrected chi connectivity index (χ3v) is 14.6. The van der Waals surface area contributed by atoms with Crippen molar-refractivity contribution in [2.45, 2.75) is 180 Å². The van der Waals surface area contributed by atoms with E-state index in [0.29, 0.717) is 70.5 Å². The van der Waals surface area contributed by atoms with E-state index < -0.39 is 79.2 Å². The number of hydrogen-bond donors (Lipinski definition) is 3. The van der Waals surface area contributed by atoms with Gasteiger partial charge in [-0.25, -0.2) is 4.79 Å². The maximum absolute atomic E-state index is 13.9. The second-order valence-corrected chi connectivity index (χ2v) is 19.9. The number of carbonyl (C=O) groups is 4. The van der Waals surface area contributed by atoms with Crippen molar-refractivity contribution < 1.29 is 49.9 Å². The molecule has 0 aromatic heterocycles. The van der Waals surface area contributed by atoms with Crippen LogP contribution in [0.25, 0.3) is 0 Å². The number of ketones is 1. The summed E-state index contributed by atoms with van der Waals surface area (Å²) < 4.78 is 71.6. The van der Waals surface area contributed by atoms with E-state index in [-0.39, 0.29) is 37.1 Å². The first-order valence-corrected chi connectivity index (χ1v) is 24.2. The van der Waals surface area contributed by atoms with Crippen LogP contribution in [-0.4, -0.2) is 137 Å². The van der Waals surface area contributed by atoms with E-state index in [1.165, 1.54) is 4.90 Å². The van der Waals surface area contributed by atoms with Gasteiger partial charge in [-0.1, -0.05) is 27.7 Å². The number of rotatable bonds is 24. The predicted octanol–water partition coefficient (Wildman–Crippen LogP) is 4.39. The summed E-state index contributed by atoms with van der Waals surface area (Å²) >= 11 is 0. The number of esters is 1. The van der Waals surface area contributed by atoms with E-state index in [4.69, 9.17) is 4.74 Å². The molecule has 0 aliphatic carbocycles. The number of nitrogens with zero attached hydrogens (tertiary/aromatic N) is 3. The molecule has 0 saturated carbocycles. The molecule has 3 rings (SSSR count). The van der Waals surface area contributed by atoms with Gasteiger partial charge in [-0.2, -0.15) is 16.8 Å². The van der Waals surface area contributed by atoms with Crippen LogP contribution in [0.15, 0.2) is 0 Å². The second-order valence-electron chi connectivity index (χ2n) is 16.7. The van der Waals surface area contributed by atoms with Crippen molar-refractivity contribution in [3.8, 4) is 0 Å². The molecule has 0 radical (unpaired) electrons. The molecule has 3 fully saturated rings. The molecule has 2 amide bonds. The lowest BCUT2D eigenvalue weighted by Gasteiger charge is -2.42. The summed E-state index contributed by atoms with van der Waals surface area (Å²) in [6.45, 7) is 14.5. The Labute approximate surface area is 335 Å². The number of nitrogens with one attached hydrogen (secondary N) is 1. The van der Waals surface area contributed by atoms with Gasteiger partial charge in [0, 0.05) is 30.5 Å². The van der Waals surface area contributed by atoms with Gasteiger partial charge in [0.05, 0.1) is 17.5 Å². The Morgan fingerprint density at radius 3 is 1.98 bits per heavy atom. The Morgan fingerprint density at radius 1 is 0.786 bits per heavy atom. The highest BCUT2D eigenvalue weighted by atomic mass is 32.2. The third kappa shape index (κ3) is 14.0. The standard InChI is InChI=1S/C39H70N4O11S2/c1-7-38(5,8-2)43-26-11-15-30(43)20-19-29(21-27-55(48,49)50)34(44)18-14-24-41-23-12-16-32(41)35(45)40-31(22-28-56(51,52)53)36(46)42-25-13-17-33(42)37(47)54-39(6,9-3)10-4/h29-33H,7-28H2,1-6H3,(H,40,45)(H,48,49,50)(H,51,52,53)/t29-,30-,31-,32-,33-/m0/s1. The van der Waals surface area contributed by atoms with Gasteiger partial charge in [-0.3, -0.25) is 33.3 Å². The number of ether oxygens (including phenoxy) is 1. The summed E-state index contributed by atoms with van der Waals surface area (Å²) in [6.07, 6.45) is 8.90. The summed E-state index contributed by atoms with van der Waals surface area (Å²) in [5.41, 5.74) is -0.638. The summed E-state index contributed by atoms with van der Waals surface area (Å²) in [5.74, 6) is -3.48. The van der Waals surface area contributed by atoms with E-state index in [2.05, 4.69) is 31.0 Å². The number of carbonyl (C=O) groups excluding carboxylic acids is 4. The van der Waals surface area contributed by atoms with Crippen molar-refractivity contribution in [3.63, 3.8) is 0 Å². The molecule has 17 heteroatoms. The fourth-order valence-corrected chi connectivity index (χ4v) is 9.79. The molecule has 5 atom stereocenters. The summed E-state index contributed by atoms with van der Waals surface area (Å²) in [5, 5.41) is 2.73. The molecule has 3 aliphatic rings. The molecule has 3 heterocycles. The Hall–Kier alpha value is -2.18. The first-order chi connectivity index (χ1) is 26.2. The van der Waals surface area contributed by atoms with Crippen LogP contribution in [0.2, 0.25) is 0 Å². The van der Waals surface area contributed by atoms with Gasteiger partial charge in [0.25, 0.3) is 20.2 Å². The maximum atomic E-state index is 13.9. The molecule has 15 nitrogen and oxygen atoms in total. The molecule has 0 aromatic rings. The zero-order valence-corrected chi connectivity index (χ0v) is 36.3. The molecular weight excluding hydrogens is 765 g/mol. The van der Waals surface area contributed by atoms with Crippen LogP contribution in [-0.2, 0) is 44.2 Å². The smallest absolute Gasteiger partial charge is 0.329 e. The van der Waals surface area contributed by atoms with Gasteiger partial charge in [0.2, 0.25) is 11.8 Å². The molecule has 324 valence electrons. The van der Waals surface area contributed by atoms with Crippen LogP contribution in [0.4, 0.5) is 0 Å². The molecule has 0 aromatic carbocycles. The summed E-state index contributed by atoms with van der Waals surface area (Å²) in [4.78, 5) is 60.3. The lowest BCUT2D eigenvalue weighted by molar-refractivity contribution is -0.167. The van der Waals surface area contributed by atoms with Crippen LogP contribution in [0, 0.1) is 5.92 Å². The molecule has 3 aliphatic heterocycles. The molecule has 56 heavy (non-hydrogen) atoms. The Balaban J connectivity index is 1.65. The highest BCUT2D eigenvalue weighted by Crippen LogP contribution is 2.35. The quantitative estimate of drug-likeness (QED) is 0.0912. The van der Waals surface area contributed by atoms with Crippen LogP contribution < -0.4 is 5.32 Å². The van der Waals surface area contributed by atoms with E-state index in [9.17, 15) is 45.1 Å². The third-order valence-electron chi connectivity index (χ3n) is 13.1. The highest BCUT2D eigenvalue weighted by Gasteiger charge is 2.42.